The Morgan fingerprint density at radius 1 is 0.967 bits per heavy atom. The number of anilines is 1. The van der Waals surface area contributed by atoms with Crippen molar-refractivity contribution in [3.63, 3.8) is 0 Å². The fraction of sp³-hybridized carbons (Fsp3) is 0.167. The molecule has 1 aliphatic heterocycles. The molecule has 1 N–H and O–H groups in total. The molecule has 6 heteroatoms. The maximum absolute atomic E-state index is 12.4. The first-order valence-corrected chi connectivity index (χ1v) is 10.8. The number of fused-ring (bicyclic) bond motifs is 2. The van der Waals surface area contributed by atoms with Crippen LogP contribution in [0.15, 0.2) is 66.0 Å². The van der Waals surface area contributed by atoms with Crippen molar-refractivity contribution in [3.05, 3.63) is 71.6 Å². The van der Waals surface area contributed by atoms with Gasteiger partial charge in [0.1, 0.15) is 13.2 Å². The zero-order chi connectivity index (χ0) is 20.3. The van der Waals surface area contributed by atoms with Gasteiger partial charge in [0.2, 0.25) is 5.91 Å². The second-order valence-electron chi connectivity index (χ2n) is 7.13. The molecule has 4 aromatic rings. The maximum Gasteiger partial charge on any atom is 0.226 e. The number of benzene rings is 3. The van der Waals surface area contributed by atoms with E-state index < -0.39 is 0 Å². The molecule has 5 rings (SSSR count). The number of rotatable bonds is 5. The van der Waals surface area contributed by atoms with Crippen LogP contribution in [0.25, 0.3) is 22.0 Å². The highest BCUT2D eigenvalue weighted by atomic mass is 32.1. The lowest BCUT2D eigenvalue weighted by Gasteiger charge is -2.18. The number of carbonyl (C=O) groups excluding carboxylic acids is 1. The van der Waals surface area contributed by atoms with Gasteiger partial charge in [-0.1, -0.05) is 42.5 Å². The zero-order valence-corrected chi connectivity index (χ0v) is 17.1. The summed E-state index contributed by atoms with van der Waals surface area (Å²) in [7, 11) is 0. The van der Waals surface area contributed by atoms with E-state index in [9.17, 15) is 4.79 Å². The van der Waals surface area contributed by atoms with E-state index in [1.54, 1.807) is 0 Å². The molecule has 3 aromatic carbocycles. The van der Waals surface area contributed by atoms with E-state index in [0.29, 0.717) is 31.2 Å². The smallest absolute Gasteiger partial charge is 0.226 e. The van der Waals surface area contributed by atoms with E-state index in [1.165, 1.54) is 22.1 Å². The molecule has 0 fully saturated rings. The summed E-state index contributed by atoms with van der Waals surface area (Å²) in [6, 6.07) is 20.3. The third-order valence-electron chi connectivity index (χ3n) is 5.04. The molecular weight excluding hydrogens is 396 g/mol. The zero-order valence-electron chi connectivity index (χ0n) is 16.3. The third-order valence-corrected chi connectivity index (χ3v) is 5.80. The average Bonchev–Trinajstić information content (AvgIpc) is 3.25. The molecule has 0 aliphatic carbocycles. The Bertz CT molecular complexity index is 1220. The Kier molecular flexibility index (Phi) is 5.07. The Morgan fingerprint density at radius 3 is 2.70 bits per heavy atom. The number of hydrogen-bond donors (Lipinski definition) is 1. The highest BCUT2D eigenvalue weighted by molar-refractivity contribution is 7.14. The number of ether oxygens (including phenoxy) is 2. The standard InChI is InChI=1S/C24H20N2O3S/c27-23(10-6-16-5-9-21-22(13-16)29-12-11-28-21)26-24-25-20(15-30-24)19-8-7-17-3-1-2-4-18(17)14-19/h1-5,7-9,13-15H,6,10-12H2,(H,25,26,27). The van der Waals surface area contributed by atoms with E-state index in [0.717, 1.165) is 28.3 Å². The van der Waals surface area contributed by atoms with Crippen LogP contribution in [0.2, 0.25) is 0 Å². The highest BCUT2D eigenvalue weighted by Crippen LogP contribution is 2.31. The minimum absolute atomic E-state index is 0.0516. The van der Waals surface area contributed by atoms with Crippen molar-refractivity contribution in [1.82, 2.24) is 4.98 Å². The fourth-order valence-corrected chi connectivity index (χ4v) is 4.23. The summed E-state index contributed by atoms with van der Waals surface area (Å²) in [6.07, 6.45) is 1.01. The molecule has 5 nitrogen and oxygen atoms in total. The van der Waals surface area contributed by atoms with E-state index in [-0.39, 0.29) is 5.91 Å². The van der Waals surface area contributed by atoms with Gasteiger partial charge in [0.15, 0.2) is 16.6 Å². The van der Waals surface area contributed by atoms with Gasteiger partial charge in [-0.05, 0) is 41.0 Å². The van der Waals surface area contributed by atoms with Crippen LogP contribution in [-0.2, 0) is 11.2 Å². The SMILES string of the molecule is O=C(CCc1ccc2c(c1)OCCO2)Nc1nc(-c2ccc3ccccc3c2)cs1. The highest BCUT2D eigenvalue weighted by Gasteiger charge is 2.13. The van der Waals surface area contributed by atoms with E-state index in [1.807, 2.05) is 35.7 Å². The monoisotopic (exact) mass is 416 g/mol. The van der Waals surface area contributed by atoms with E-state index in [4.69, 9.17) is 9.47 Å². The van der Waals surface area contributed by atoms with Gasteiger partial charge in [0.25, 0.3) is 0 Å². The topological polar surface area (TPSA) is 60.5 Å². The van der Waals surface area contributed by atoms with Crippen LogP contribution in [-0.4, -0.2) is 24.1 Å². The number of thiazole rings is 1. The summed E-state index contributed by atoms with van der Waals surface area (Å²) in [5.41, 5.74) is 2.96. The summed E-state index contributed by atoms with van der Waals surface area (Å²) in [5.74, 6) is 1.46. The Labute approximate surface area is 178 Å². The molecule has 0 saturated heterocycles. The molecule has 0 radical (unpaired) electrons. The number of nitrogens with zero attached hydrogens (tertiary/aromatic N) is 1. The summed E-state index contributed by atoms with van der Waals surface area (Å²) >= 11 is 1.44. The number of nitrogens with one attached hydrogen (secondary N) is 1. The van der Waals surface area contributed by atoms with Crippen molar-refractivity contribution in [3.8, 4) is 22.8 Å². The molecular formula is C24H20N2O3S. The molecule has 2 heterocycles. The molecule has 0 spiro atoms. The molecule has 0 unspecified atom stereocenters. The number of aromatic nitrogens is 1. The first kappa shape index (κ1) is 18.6. The van der Waals surface area contributed by atoms with Crippen molar-refractivity contribution < 1.29 is 14.3 Å². The van der Waals surface area contributed by atoms with Gasteiger partial charge < -0.3 is 14.8 Å². The van der Waals surface area contributed by atoms with Gasteiger partial charge in [-0.2, -0.15) is 0 Å². The van der Waals surface area contributed by atoms with Gasteiger partial charge in [-0.3, -0.25) is 4.79 Å². The third kappa shape index (κ3) is 4.00. The summed E-state index contributed by atoms with van der Waals surface area (Å²) in [5, 5.41) is 7.88. The van der Waals surface area contributed by atoms with Crippen LogP contribution in [0.3, 0.4) is 0 Å². The van der Waals surface area contributed by atoms with Crippen molar-refractivity contribution in [2.24, 2.45) is 0 Å². The van der Waals surface area contributed by atoms with Gasteiger partial charge in [0, 0.05) is 17.4 Å². The minimum atomic E-state index is -0.0516. The molecule has 1 aromatic heterocycles. The average molecular weight is 417 g/mol. The second kappa shape index (κ2) is 8.16. The lowest BCUT2D eigenvalue weighted by atomic mass is 10.1. The summed E-state index contributed by atoms with van der Waals surface area (Å²) < 4.78 is 11.1. The Balaban J connectivity index is 1.22. The number of hydrogen-bond acceptors (Lipinski definition) is 5. The van der Waals surface area contributed by atoms with Crippen LogP contribution in [0, 0.1) is 0 Å². The first-order valence-electron chi connectivity index (χ1n) is 9.88. The van der Waals surface area contributed by atoms with Crippen LogP contribution in [0.4, 0.5) is 5.13 Å². The second-order valence-corrected chi connectivity index (χ2v) is 7.98. The number of aryl methyl sites for hydroxylation is 1. The summed E-state index contributed by atoms with van der Waals surface area (Å²) in [6.45, 7) is 1.13. The van der Waals surface area contributed by atoms with Gasteiger partial charge >= 0.3 is 0 Å². The van der Waals surface area contributed by atoms with Crippen molar-refractivity contribution >= 4 is 33.1 Å². The fourth-order valence-electron chi connectivity index (χ4n) is 3.50. The van der Waals surface area contributed by atoms with E-state index >= 15 is 0 Å². The van der Waals surface area contributed by atoms with Crippen molar-refractivity contribution in [2.45, 2.75) is 12.8 Å². The molecule has 150 valence electrons. The van der Waals surface area contributed by atoms with Crippen LogP contribution in [0.5, 0.6) is 11.5 Å². The van der Waals surface area contributed by atoms with E-state index in [2.05, 4.69) is 40.6 Å². The predicted octanol–water partition coefficient (Wildman–Crippen LogP) is 5.31. The largest absolute Gasteiger partial charge is 0.486 e. The Hall–Kier alpha value is -3.38. The van der Waals surface area contributed by atoms with Crippen LogP contribution < -0.4 is 14.8 Å². The molecule has 0 bridgehead atoms. The molecule has 0 atom stereocenters. The van der Waals surface area contributed by atoms with Crippen molar-refractivity contribution in [2.75, 3.05) is 18.5 Å². The normalized spacial score (nSPS) is 12.7. The first-order chi connectivity index (χ1) is 14.7. The molecule has 1 aliphatic rings. The predicted molar refractivity (Wildman–Crippen MR) is 119 cm³/mol. The quantitative estimate of drug-likeness (QED) is 0.479. The van der Waals surface area contributed by atoms with Crippen molar-refractivity contribution in [1.29, 1.82) is 0 Å². The van der Waals surface area contributed by atoms with Gasteiger partial charge in [-0.25, -0.2) is 4.98 Å². The lowest BCUT2D eigenvalue weighted by molar-refractivity contribution is -0.116. The molecule has 1 amide bonds. The van der Waals surface area contributed by atoms with Crippen LogP contribution >= 0.6 is 11.3 Å². The summed E-state index contributed by atoms with van der Waals surface area (Å²) in [4.78, 5) is 17.0. The molecule has 30 heavy (non-hydrogen) atoms. The minimum Gasteiger partial charge on any atom is -0.486 e. The maximum atomic E-state index is 12.4. The Morgan fingerprint density at radius 2 is 1.80 bits per heavy atom. The lowest BCUT2D eigenvalue weighted by Crippen LogP contribution is -2.15. The number of amides is 1. The number of carbonyl (C=O) groups is 1. The molecule has 0 saturated carbocycles. The van der Waals surface area contributed by atoms with Gasteiger partial charge in [0.05, 0.1) is 5.69 Å². The van der Waals surface area contributed by atoms with Crippen LogP contribution in [0.1, 0.15) is 12.0 Å². The van der Waals surface area contributed by atoms with Gasteiger partial charge in [-0.15, -0.1) is 11.3 Å².